The molecule has 1 aliphatic rings. The fraction of sp³-hybridized carbons (Fsp3) is 0.300. The van der Waals surface area contributed by atoms with Crippen LogP contribution in [0.5, 0.6) is 0 Å². The molecule has 2 aromatic heterocycles. The molecule has 8 nitrogen and oxygen atoms in total. The summed E-state index contributed by atoms with van der Waals surface area (Å²) >= 11 is 5.81. The van der Waals surface area contributed by atoms with Crippen LogP contribution in [-0.4, -0.2) is 39.3 Å². The quantitative estimate of drug-likeness (QED) is 0.491. The molecule has 0 saturated carbocycles. The zero-order valence-electron chi connectivity index (χ0n) is 16.1. The first kappa shape index (κ1) is 20.2. The van der Waals surface area contributed by atoms with Crippen LogP contribution in [-0.2, 0) is 0 Å². The van der Waals surface area contributed by atoms with Crippen LogP contribution in [0, 0.1) is 21.8 Å². The molecule has 1 aliphatic heterocycles. The number of likely N-dealkylation sites (tertiary alicyclic amines) is 1. The number of hydrogen-bond donors (Lipinski definition) is 1. The van der Waals surface area contributed by atoms with Crippen molar-refractivity contribution in [3.8, 4) is 0 Å². The van der Waals surface area contributed by atoms with E-state index in [1.807, 2.05) is 7.05 Å². The lowest BCUT2D eigenvalue weighted by Gasteiger charge is -2.26. The first-order valence-electron chi connectivity index (χ1n) is 9.41. The van der Waals surface area contributed by atoms with Gasteiger partial charge in [0.05, 0.1) is 9.95 Å². The molecule has 2 unspecified atom stereocenters. The summed E-state index contributed by atoms with van der Waals surface area (Å²) in [5.74, 6) is -0.515. The Hall–Kier alpha value is -3.04. The van der Waals surface area contributed by atoms with E-state index in [2.05, 4.69) is 15.2 Å². The molecule has 4 rings (SSSR count). The summed E-state index contributed by atoms with van der Waals surface area (Å²) in [6.45, 7) is 1.13. The fourth-order valence-corrected chi connectivity index (χ4v) is 4.18. The highest BCUT2D eigenvalue weighted by Crippen LogP contribution is 2.37. The standard InChI is InChI=1S/C20H19ClFN5O3/c1-25-9-7-13(17(25)12-5-6-14(21)15(22)10-12)11-23-19-18(27(29)30)20(28)26-8-3-2-4-16(26)24-19/h2-6,8,10,13,17,23H,7,9,11H2,1H3. The minimum Gasteiger partial charge on any atom is -0.364 e. The number of hydrogen-bond acceptors (Lipinski definition) is 6. The Balaban J connectivity index is 1.64. The molecule has 156 valence electrons. The van der Waals surface area contributed by atoms with Crippen LogP contribution in [0.3, 0.4) is 0 Å². The third-order valence-electron chi connectivity index (χ3n) is 5.48. The van der Waals surface area contributed by atoms with E-state index in [1.54, 1.807) is 24.3 Å². The molecule has 0 aliphatic carbocycles. The molecule has 10 heteroatoms. The molecular formula is C20H19ClFN5O3. The molecule has 3 heterocycles. The van der Waals surface area contributed by atoms with Gasteiger partial charge in [-0.25, -0.2) is 9.37 Å². The summed E-state index contributed by atoms with van der Waals surface area (Å²) in [6, 6.07) is 9.56. The van der Waals surface area contributed by atoms with Crippen molar-refractivity contribution in [1.82, 2.24) is 14.3 Å². The van der Waals surface area contributed by atoms with Crippen LogP contribution in [0.2, 0.25) is 5.02 Å². The molecule has 1 N–H and O–H groups in total. The number of fused-ring (bicyclic) bond motifs is 1. The van der Waals surface area contributed by atoms with Gasteiger partial charge in [-0.15, -0.1) is 0 Å². The summed E-state index contributed by atoms with van der Waals surface area (Å²) in [5, 5.41) is 14.6. The Morgan fingerprint density at radius 1 is 1.37 bits per heavy atom. The Morgan fingerprint density at radius 2 is 2.17 bits per heavy atom. The van der Waals surface area contributed by atoms with E-state index in [0.717, 1.165) is 22.9 Å². The van der Waals surface area contributed by atoms with Crippen molar-refractivity contribution in [3.63, 3.8) is 0 Å². The van der Waals surface area contributed by atoms with E-state index < -0.39 is 22.0 Å². The van der Waals surface area contributed by atoms with E-state index in [4.69, 9.17) is 11.6 Å². The first-order chi connectivity index (χ1) is 14.4. The van der Waals surface area contributed by atoms with Crippen molar-refractivity contribution >= 4 is 28.8 Å². The molecule has 1 saturated heterocycles. The minimum absolute atomic E-state index is 0.0335. The summed E-state index contributed by atoms with van der Waals surface area (Å²) in [4.78, 5) is 29.8. The fourth-order valence-electron chi connectivity index (χ4n) is 4.06. The predicted molar refractivity (Wildman–Crippen MR) is 111 cm³/mol. The number of pyridine rings is 1. The van der Waals surface area contributed by atoms with Crippen LogP contribution in [0.4, 0.5) is 15.9 Å². The molecule has 0 amide bonds. The maximum absolute atomic E-state index is 14.0. The van der Waals surface area contributed by atoms with Gasteiger partial charge in [0, 0.05) is 18.8 Å². The van der Waals surface area contributed by atoms with Gasteiger partial charge < -0.3 is 5.32 Å². The molecule has 1 fully saturated rings. The van der Waals surface area contributed by atoms with E-state index in [-0.39, 0.29) is 22.8 Å². The van der Waals surface area contributed by atoms with Crippen LogP contribution >= 0.6 is 11.6 Å². The summed E-state index contributed by atoms with van der Waals surface area (Å²) in [6.07, 6.45) is 2.25. The summed E-state index contributed by atoms with van der Waals surface area (Å²) in [5.41, 5.74) is -0.243. The number of nitrogens with zero attached hydrogens (tertiary/aromatic N) is 4. The predicted octanol–water partition coefficient (Wildman–Crippen LogP) is 3.50. The van der Waals surface area contributed by atoms with E-state index >= 15 is 0 Å². The Kier molecular flexibility index (Phi) is 5.40. The van der Waals surface area contributed by atoms with Gasteiger partial charge in [-0.1, -0.05) is 23.7 Å². The molecule has 2 atom stereocenters. The number of rotatable bonds is 5. The highest BCUT2D eigenvalue weighted by atomic mass is 35.5. The highest BCUT2D eigenvalue weighted by molar-refractivity contribution is 6.30. The lowest BCUT2D eigenvalue weighted by Crippen LogP contribution is -2.27. The lowest BCUT2D eigenvalue weighted by atomic mass is 9.93. The number of halogens is 2. The lowest BCUT2D eigenvalue weighted by molar-refractivity contribution is -0.385. The molecule has 0 radical (unpaired) electrons. The Morgan fingerprint density at radius 3 is 2.90 bits per heavy atom. The largest absolute Gasteiger partial charge is 0.376 e. The van der Waals surface area contributed by atoms with Crippen molar-refractivity contribution in [2.45, 2.75) is 12.5 Å². The number of nitrogens with one attached hydrogen (secondary N) is 1. The normalized spacial score (nSPS) is 19.3. The number of benzene rings is 1. The van der Waals surface area contributed by atoms with Gasteiger partial charge in [-0.05, 0) is 55.8 Å². The molecule has 3 aromatic rings. The van der Waals surface area contributed by atoms with Crippen LogP contribution < -0.4 is 10.9 Å². The van der Waals surface area contributed by atoms with Crippen molar-refractivity contribution < 1.29 is 9.31 Å². The van der Waals surface area contributed by atoms with Gasteiger partial charge in [-0.2, -0.15) is 0 Å². The average molecular weight is 432 g/mol. The second kappa shape index (κ2) is 8.00. The maximum Gasteiger partial charge on any atom is 0.376 e. The monoisotopic (exact) mass is 431 g/mol. The van der Waals surface area contributed by atoms with Gasteiger partial charge >= 0.3 is 11.2 Å². The molecule has 0 spiro atoms. The topological polar surface area (TPSA) is 92.8 Å². The van der Waals surface area contributed by atoms with Crippen LogP contribution in [0.1, 0.15) is 18.0 Å². The Labute approximate surface area is 176 Å². The van der Waals surface area contributed by atoms with Crippen molar-refractivity contribution in [2.75, 3.05) is 25.5 Å². The van der Waals surface area contributed by atoms with Gasteiger partial charge in [0.15, 0.2) is 0 Å². The average Bonchev–Trinajstić information content (AvgIpc) is 3.08. The van der Waals surface area contributed by atoms with Crippen LogP contribution in [0.25, 0.3) is 5.65 Å². The third kappa shape index (κ3) is 3.61. The third-order valence-corrected chi connectivity index (χ3v) is 5.79. The summed E-state index contributed by atoms with van der Waals surface area (Å²) in [7, 11) is 1.94. The van der Waals surface area contributed by atoms with Crippen molar-refractivity contribution in [2.24, 2.45) is 5.92 Å². The Bertz CT molecular complexity index is 1180. The summed E-state index contributed by atoms with van der Waals surface area (Å²) < 4.78 is 15.1. The zero-order chi connectivity index (χ0) is 21.4. The number of aromatic nitrogens is 2. The first-order valence-corrected chi connectivity index (χ1v) is 9.79. The molecular weight excluding hydrogens is 413 g/mol. The van der Waals surface area contributed by atoms with E-state index in [1.165, 1.54) is 18.3 Å². The minimum atomic E-state index is -0.743. The van der Waals surface area contributed by atoms with E-state index in [0.29, 0.717) is 12.2 Å². The SMILES string of the molecule is CN1CCC(CNc2nc3ccccn3c(=O)c2[N+](=O)[O-])C1c1ccc(Cl)c(F)c1. The molecule has 30 heavy (non-hydrogen) atoms. The van der Waals surface area contributed by atoms with Gasteiger partial charge in [0.25, 0.3) is 0 Å². The number of anilines is 1. The van der Waals surface area contributed by atoms with Gasteiger partial charge in [0.1, 0.15) is 11.5 Å². The molecule has 1 aromatic carbocycles. The highest BCUT2D eigenvalue weighted by Gasteiger charge is 2.34. The maximum atomic E-state index is 14.0. The van der Waals surface area contributed by atoms with Crippen LogP contribution in [0.15, 0.2) is 47.4 Å². The van der Waals surface area contributed by atoms with Gasteiger partial charge in [-0.3, -0.25) is 24.2 Å². The van der Waals surface area contributed by atoms with E-state index in [9.17, 15) is 19.3 Å². The second-order valence-corrected chi connectivity index (χ2v) is 7.74. The number of nitro groups is 1. The van der Waals surface area contributed by atoms with Crippen molar-refractivity contribution in [1.29, 1.82) is 0 Å². The second-order valence-electron chi connectivity index (χ2n) is 7.33. The zero-order valence-corrected chi connectivity index (χ0v) is 16.8. The van der Waals surface area contributed by atoms with Gasteiger partial charge in [0.2, 0.25) is 5.82 Å². The van der Waals surface area contributed by atoms with Crippen molar-refractivity contribution in [3.05, 3.63) is 79.5 Å². The molecule has 0 bridgehead atoms. The smallest absolute Gasteiger partial charge is 0.364 e.